The summed E-state index contributed by atoms with van der Waals surface area (Å²) in [6.45, 7) is 2.23. The summed E-state index contributed by atoms with van der Waals surface area (Å²) in [4.78, 5) is 17.5. The highest BCUT2D eigenvalue weighted by Gasteiger charge is 2.08. The monoisotopic (exact) mass is 296 g/mol. The maximum absolute atomic E-state index is 11.2. The fourth-order valence-corrected chi connectivity index (χ4v) is 2.40. The van der Waals surface area contributed by atoms with Gasteiger partial charge in [0, 0.05) is 6.42 Å². The van der Waals surface area contributed by atoms with Crippen molar-refractivity contribution in [2.75, 3.05) is 0 Å². The van der Waals surface area contributed by atoms with E-state index in [1.807, 2.05) is 0 Å². The van der Waals surface area contributed by atoms with Crippen molar-refractivity contribution in [3.8, 4) is 11.6 Å². The van der Waals surface area contributed by atoms with Crippen molar-refractivity contribution in [3.05, 3.63) is 16.2 Å². The van der Waals surface area contributed by atoms with E-state index in [9.17, 15) is 9.90 Å². The van der Waals surface area contributed by atoms with Gasteiger partial charge in [0.05, 0.1) is 0 Å². The lowest BCUT2D eigenvalue weighted by Gasteiger charge is -2.03. The van der Waals surface area contributed by atoms with E-state index in [1.54, 1.807) is 0 Å². The highest BCUT2D eigenvalue weighted by atomic mass is 16.3. The van der Waals surface area contributed by atoms with Gasteiger partial charge in [0.1, 0.15) is 5.82 Å². The molecule has 1 aromatic heterocycles. The quantitative estimate of drug-likeness (QED) is 0.544. The molecule has 0 aromatic carbocycles. The van der Waals surface area contributed by atoms with E-state index < -0.39 is 17.2 Å². The minimum atomic E-state index is -0.707. The number of aryl methyl sites for hydroxylation is 1. The molecule has 0 fully saturated rings. The Labute approximate surface area is 126 Å². The van der Waals surface area contributed by atoms with E-state index >= 15 is 0 Å². The van der Waals surface area contributed by atoms with Crippen molar-refractivity contribution in [2.45, 2.75) is 77.6 Å². The van der Waals surface area contributed by atoms with Gasteiger partial charge in [0.2, 0.25) is 5.75 Å². The topological polar surface area (TPSA) is 86.2 Å². The predicted octanol–water partition coefficient (Wildman–Crippen LogP) is 3.64. The second kappa shape index (κ2) is 10.2. The summed E-state index contributed by atoms with van der Waals surface area (Å²) in [5.41, 5.74) is -0.676. The smallest absolute Gasteiger partial charge is 0.297 e. The number of aromatic amines is 1. The zero-order valence-electron chi connectivity index (χ0n) is 13.0. The molecule has 21 heavy (non-hydrogen) atoms. The second-order valence-electron chi connectivity index (χ2n) is 5.62. The van der Waals surface area contributed by atoms with Gasteiger partial charge in [0.15, 0.2) is 0 Å². The molecule has 1 heterocycles. The maximum atomic E-state index is 11.2. The number of H-pyrrole nitrogens is 1. The Hall–Kier alpha value is -1.52. The molecule has 0 unspecified atom stereocenters. The van der Waals surface area contributed by atoms with Crippen LogP contribution in [-0.2, 0) is 6.42 Å². The predicted molar refractivity (Wildman–Crippen MR) is 83.7 cm³/mol. The number of unbranched alkanes of at least 4 members (excludes halogenated alkanes) is 9. The van der Waals surface area contributed by atoms with Crippen molar-refractivity contribution in [2.24, 2.45) is 0 Å². The third-order valence-corrected chi connectivity index (χ3v) is 3.69. The number of rotatable bonds is 11. The Morgan fingerprint density at radius 1 is 0.905 bits per heavy atom. The van der Waals surface area contributed by atoms with Gasteiger partial charge in [-0.3, -0.25) is 4.79 Å². The fraction of sp³-hybridized carbons (Fsp3) is 0.750. The van der Waals surface area contributed by atoms with E-state index in [1.165, 1.54) is 51.4 Å². The average molecular weight is 296 g/mol. The number of aromatic hydroxyl groups is 2. The van der Waals surface area contributed by atoms with Gasteiger partial charge in [0.25, 0.3) is 11.4 Å². The van der Waals surface area contributed by atoms with Gasteiger partial charge in [-0.25, -0.2) is 0 Å². The van der Waals surface area contributed by atoms with Crippen molar-refractivity contribution >= 4 is 0 Å². The van der Waals surface area contributed by atoms with E-state index in [2.05, 4.69) is 16.9 Å². The third kappa shape index (κ3) is 7.16. The number of nitrogens with zero attached hydrogens (tertiary/aromatic N) is 1. The van der Waals surface area contributed by atoms with Crippen LogP contribution >= 0.6 is 0 Å². The van der Waals surface area contributed by atoms with Gasteiger partial charge in [-0.15, -0.1) is 0 Å². The molecule has 5 nitrogen and oxygen atoms in total. The molecule has 0 aliphatic carbocycles. The standard InChI is InChI=1S/C16H28N2O3/c1-2-3-4-5-6-7-8-9-10-11-12-13-17-15(20)14(19)16(21)18-13/h19H,2-12H2,1H3,(H2,17,18,20,21). The Bertz CT molecular complexity index is 457. The van der Waals surface area contributed by atoms with Gasteiger partial charge in [-0.05, 0) is 6.42 Å². The molecule has 0 aliphatic heterocycles. The largest absolute Gasteiger partial charge is 0.499 e. The summed E-state index contributed by atoms with van der Waals surface area (Å²) >= 11 is 0. The summed E-state index contributed by atoms with van der Waals surface area (Å²) in [6, 6.07) is 0. The normalized spacial score (nSPS) is 10.9. The second-order valence-corrected chi connectivity index (χ2v) is 5.62. The number of aromatic nitrogens is 2. The molecule has 0 aliphatic rings. The van der Waals surface area contributed by atoms with E-state index in [4.69, 9.17) is 5.11 Å². The van der Waals surface area contributed by atoms with Crippen LogP contribution in [-0.4, -0.2) is 20.2 Å². The van der Waals surface area contributed by atoms with Crippen molar-refractivity contribution in [3.63, 3.8) is 0 Å². The molecule has 0 radical (unpaired) electrons. The lowest BCUT2D eigenvalue weighted by atomic mass is 10.1. The number of nitrogens with one attached hydrogen (secondary N) is 1. The van der Waals surface area contributed by atoms with E-state index in [-0.39, 0.29) is 0 Å². The molecule has 3 N–H and O–H groups in total. The van der Waals surface area contributed by atoms with Gasteiger partial charge in [-0.2, -0.15) is 4.98 Å². The molecule has 0 amide bonds. The number of hydrogen-bond donors (Lipinski definition) is 3. The van der Waals surface area contributed by atoms with E-state index in [0.717, 1.165) is 12.8 Å². The van der Waals surface area contributed by atoms with Crippen LogP contribution in [0.15, 0.2) is 4.79 Å². The first-order chi connectivity index (χ1) is 10.1. The van der Waals surface area contributed by atoms with Crippen LogP contribution in [0, 0.1) is 0 Å². The summed E-state index contributed by atoms with van der Waals surface area (Å²) in [5.74, 6) is -0.850. The van der Waals surface area contributed by atoms with Crippen LogP contribution in [0.4, 0.5) is 0 Å². The zero-order valence-corrected chi connectivity index (χ0v) is 13.0. The lowest BCUT2D eigenvalue weighted by molar-refractivity contribution is 0.378. The average Bonchev–Trinajstić information content (AvgIpc) is 2.46. The third-order valence-electron chi connectivity index (χ3n) is 3.69. The van der Waals surface area contributed by atoms with Gasteiger partial charge < -0.3 is 15.2 Å². The van der Waals surface area contributed by atoms with Crippen LogP contribution in [0.25, 0.3) is 0 Å². The first-order valence-corrected chi connectivity index (χ1v) is 8.16. The van der Waals surface area contributed by atoms with E-state index in [0.29, 0.717) is 12.2 Å². The molecule has 1 rings (SSSR count). The molecule has 1 aromatic rings. The Kier molecular flexibility index (Phi) is 8.55. The molecular formula is C16H28N2O3. The SMILES string of the molecule is CCCCCCCCCCCCc1nc(O)c(O)c(=O)[nH]1. The van der Waals surface area contributed by atoms with Gasteiger partial charge in [-0.1, -0.05) is 64.7 Å². The van der Waals surface area contributed by atoms with Crippen molar-refractivity contribution in [1.82, 2.24) is 9.97 Å². The van der Waals surface area contributed by atoms with Gasteiger partial charge >= 0.3 is 0 Å². The van der Waals surface area contributed by atoms with Crippen LogP contribution < -0.4 is 5.56 Å². The summed E-state index contributed by atoms with van der Waals surface area (Å²) in [6.07, 6.45) is 13.1. The minimum absolute atomic E-state index is 0.440. The first kappa shape index (κ1) is 17.5. The van der Waals surface area contributed by atoms with Crippen LogP contribution in [0.1, 0.15) is 77.0 Å². The molecule has 0 saturated heterocycles. The molecule has 120 valence electrons. The summed E-state index contributed by atoms with van der Waals surface area (Å²) < 4.78 is 0. The molecule has 0 bridgehead atoms. The molecular weight excluding hydrogens is 268 g/mol. The van der Waals surface area contributed by atoms with Crippen LogP contribution in [0.5, 0.6) is 11.6 Å². The Morgan fingerprint density at radius 3 is 1.95 bits per heavy atom. The Balaban J connectivity index is 2.06. The molecule has 0 atom stereocenters. The van der Waals surface area contributed by atoms with Crippen molar-refractivity contribution in [1.29, 1.82) is 0 Å². The minimum Gasteiger partial charge on any atom is -0.499 e. The molecule has 0 spiro atoms. The summed E-state index contributed by atoms with van der Waals surface area (Å²) in [7, 11) is 0. The summed E-state index contributed by atoms with van der Waals surface area (Å²) in [5, 5.41) is 18.4. The zero-order chi connectivity index (χ0) is 15.5. The highest BCUT2D eigenvalue weighted by Crippen LogP contribution is 2.16. The fourth-order valence-electron chi connectivity index (χ4n) is 2.40. The maximum Gasteiger partial charge on any atom is 0.297 e. The highest BCUT2D eigenvalue weighted by molar-refractivity contribution is 5.27. The van der Waals surface area contributed by atoms with Crippen LogP contribution in [0.2, 0.25) is 0 Å². The lowest BCUT2D eigenvalue weighted by Crippen LogP contribution is -2.10. The number of hydrogen-bond acceptors (Lipinski definition) is 4. The first-order valence-electron chi connectivity index (χ1n) is 8.16. The van der Waals surface area contributed by atoms with Crippen LogP contribution in [0.3, 0.4) is 0 Å². The Morgan fingerprint density at radius 2 is 1.43 bits per heavy atom. The molecule has 0 saturated carbocycles. The van der Waals surface area contributed by atoms with Crippen molar-refractivity contribution < 1.29 is 10.2 Å². The molecule has 5 heteroatoms.